The van der Waals surface area contributed by atoms with Crippen molar-refractivity contribution in [3.8, 4) is 11.5 Å². The zero-order chi connectivity index (χ0) is 20.3. The third-order valence-corrected chi connectivity index (χ3v) is 5.20. The van der Waals surface area contributed by atoms with Gasteiger partial charge in [-0.3, -0.25) is 14.9 Å². The van der Waals surface area contributed by atoms with Crippen molar-refractivity contribution in [2.45, 2.75) is 6.61 Å². The molecule has 0 spiro atoms. The van der Waals surface area contributed by atoms with Gasteiger partial charge in [0.1, 0.15) is 10.9 Å². The van der Waals surface area contributed by atoms with Crippen molar-refractivity contribution < 1.29 is 19.2 Å². The minimum absolute atomic E-state index is 0.0424. The molecule has 2 aromatic carbocycles. The maximum absolute atomic E-state index is 11.8. The van der Waals surface area contributed by atoms with E-state index < -0.39 is 4.92 Å². The first-order valence-electron chi connectivity index (χ1n) is 7.86. The minimum Gasteiger partial charge on any atom is -0.493 e. The van der Waals surface area contributed by atoms with E-state index in [1.807, 2.05) is 0 Å². The second kappa shape index (κ2) is 8.59. The van der Waals surface area contributed by atoms with E-state index in [9.17, 15) is 14.9 Å². The number of hydrogen-bond acceptors (Lipinski definition) is 7. The number of rotatable bonds is 6. The molecule has 1 aliphatic rings. The normalized spacial score (nSPS) is 14.9. The Morgan fingerprint density at radius 3 is 2.75 bits per heavy atom. The van der Waals surface area contributed by atoms with Crippen molar-refractivity contribution in [1.29, 1.82) is 0 Å². The Morgan fingerprint density at radius 2 is 2.11 bits per heavy atom. The Hall–Kier alpha value is -2.62. The van der Waals surface area contributed by atoms with Crippen molar-refractivity contribution in [1.82, 2.24) is 5.32 Å². The molecule has 0 unspecified atom stereocenters. The second-order valence-electron chi connectivity index (χ2n) is 5.56. The van der Waals surface area contributed by atoms with Crippen LogP contribution in [-0.2, 0) is 11.4 Å². The molecule has 1 aliphatic heterocycles. The quantitative estimate of drug-likeness (QED) is 0.312. The number of halogens is 1. The number of carbonyl (C=O) groups is 1. The van der Waals surface area contributed by atoms with Gasteiger partial charge in [-0.15, -0.1) is 0 Å². The maximum atomic E-state index is 11.8. The predicted molar refractivity (Wildman–Crippen MR) is 112 cm³/mol. The molecule has 1 amide bonds. The molecule has 1 saturated heterocycles. The van der Waals surface area contributed by atoms with Crippen LogP contribution in [0.3, 0.4) is 0 Å². The van der Waals surface area contributed by atoms with Gasteiger partial charge >= 0.3 is 0 Å². The molecule has 1 fully saturated rings. The zero-order valence-corrected chi connectivity index (χ0v) is 16.8. The van der Waals surface area contributed by atoms with E-state index in [4.69, 9.17) is 33.3 Å². The fourth-order valence-corrected chi connectivity index (χ4v) is 3.81. The largest absolute Gasteiger partial charge is 0.493 e. The van der Waals surface area contributed by atoms with Gasteiger partial charge in [0, 0.05) is 6.07 Å². The number of nitrogens with zero attached hydrogens (tertiary/aromatic N) is 1. The Bertz CT molecular complexity index is 1010. The van der Waals surface area contributed by atoms with Gasteiger partial charge in [-0.2, -0.15) is 0 Å². The molecule has 2 aromatic rings. The lowest BCUT2D eigenvalue weighted by molar-refractivity contribution is -0.385. The number of benzene rings is 2. The van der Waals surface area contributed by atoms with Gasteiger partial charge in [0.05, 0.1) is 27.5 Å². The number of carbonyl (C=O) groups excluding carboxylic acids is 1. The molecule has 7 nitrogen and oxygen atoms in total. The summed E-state index contributed by atoms with van der Waals surface area (Å²) in [4.78, 5) is 22.9. The molecule has 144 valence electrons. The van der Waals surface area contributed by atoms with E-state index in [1.54, 1.807) is 36.4 Å². The number of methoxy groups -OCH3 is 1. The number of thioether (sulfide) groups is 1. The highest BCUT2D eigenvalue weighted by atomic mass is 35.5. The average molecular weight is 437 g/mol. The van der Waals surface area contributed by atoms with E-state index in [2.05, 4.69) is 5.32 Å². The van der Waals surface area contributed by atoms with Crippen LogP contribution in [0.15, 0.2) is 41.3 Å². The topological polar surface area (TPSA) is 90.7 Å². The van der Waals surface area contributed by atoms with Crippen LogP contribution in [0.2, 0.25) is 5.02 Å². The highest BCUT2D eigenvalue weighted by molar-refractivity contribution is 8.26. The van der Waals surface area contributed by atoms with Crippen LogP contribution < -0.4 is 14.8 Å². The van der Waals surface area contributed by atoms with Crippen molar-refractivity contribution in [3.63, 3.8) is 0 Å². The Morgan fingerprint density at radius 1 is 1.36 bits per heavy atom. The summed E-state index contributed by atoms with van der Waals surface area (Å²) in [5.41, 5.74) is 0.991. The first kappa shape index (κ1) is 20.1. The van der Waals surface area contributed by atoms with E-state index >= 15 is 0 Å². The fourth-order valence-electron chi connectivity index (χ4n) is 2.50. The van der Waals surface area contributed by atoms with Crippen molar-refractivity contribution in [2.24, 2.45) is 0 Å². The summed E-state index contributed by atoms with van der Waals surface area (Å²) in [6.07, 6.45) is 1.64. The number of nitro groups is 1. The third-order valence-electron chi connectivity index (χ3n) is 3.75. The highest BCUT2D eigenvalue weighted by Gasteiger charge is 2.23. The highest BCUT2D eigenvalue weighted by Crippen LogP contribution is 2.38. The number of nitrogens with one attached hydrogen (secondary N) is 1. The summed E-state index contributed by atoms with van der Waals surface area (Å²) in [6, 6.07) is 9.55. The molecule has 28 heavy (non-hydrogen) atoms. The molecule has 1 heterocycles. The monoisotopic (exact) mass is 436 g/mol. The van der Waals surface area contributed by atoms with Crippen LogP contribution >= 0.6 is 35.6 Å². The lowest BCUT2D eigenvalue weighted by Crippen LogP contribution is -2.17. The van der Waals surface area contributed by atoms with Crippen LogP contribution in [0.25, 0.3) is 6.08 Å². The average Bonchev–Trinajstić information content (AvgIpc) is 2.97. The van der Waals surface area contributed by atoms with Crippen LogP contribution in [0.1, 0.15) is 11.1 Å². The maximum Gasteiger partial charge on any atom is 0.276 e. The standard InChI is InChI=1S/C18H13ClN2O5S2/c1-25-14-7-10(8-15-17(22)20-18(27)28-15)6-12(19)16(14)26-9-11-4-2-3-5-13(11)21(23)24/h2-8H,9H2,1H3,(H,20,22,27). The molecule has 0 bridgehead atoms. The van der Waals surface area contributed by atoms with Gasteiger partial charge in [-0.05, 0) is 29.8 Å². The summed E-state index contributed by atoms with van der Waals surface area (Å²) < 4.78 is 11.4. The van der Waals surface area contributed by atoms with Gasteiger partial charge in [-0.1, -0.05) is 47.7 Å². The zero-order valence-electron chi connectivity index (χ0n) is 14.4. The number of para-hydroxylation sites is 1. The minimum atomic E-state index is -0.471. The SMILES string of the molecule is COc1cc(C=C2SC(=S)NC2=O)cc(Cl)c1OCc1ccccc1[N+](=O)[O-]. The number of ether oxygens (including phenoxy) is 2. The van der Waals surface area contributed by atoms with Crippen molar-refractivity contribution in [2.75, 3.05) is 7.11 Å². The van der Waals surface area contributed by atoms with E-state index in [0.717, 1.165) is 11.8 Å². The molecule has 1 N–H and O–H groups in total. The van der Waals surface area contributed by atoms with E-state index in [1.165, 1.54) is 13.2 Å². The summed E-state index contributed by atoms with van der Waals surface area (Å²) in [7, 11) is 1.45. The van der Waals surface area contributed by atoms with Gasteiger partial charge in [0.2, 0.25) is 0 Å². The fraction of sp³-hybridized carbons (Fsp3) is 0.111. The van der Waals surface area contributed by atoms with Gasteiger partial charge in [0.25, 0.3) is 11.6 Å². The summed E-state index contributed by atoms with van der Waals surface area (Å²) in [5.74, 6) is 0.314. The van der Waals surface area contributed by atoms with Gasteiger partial charge in [-0.25, -0.2) is 0 Å². The van der Waals surface area contributed by atoms with E-state index in [0.29, 0.717) is 26.1 Å². The number of hydrogen-bond donors (Lipinski definition) is 1. The van der Waals surface area contributed by atoms with Crippen LogP contribution in [0.4, 0.5) is 5.69 Å². The molecule has 0 atom stereocenters. The molecule has 0 aromatic heterocycles. The molecular formula is C18H13ClN2O5S2. The molecule has 0 aliphatic carbocycles. The number of amides is 1. The second-order valence-corrected chi connectivity index (χ2v) is 7.69. The molecule has 0 saturated carbocycles. The van der Waals surface area contributed by atoms with E-state index in [-0.39, 0.29) is 29.0 Å². The third kappa shape index (κ3) is 4.44. The Labute approximate surface area is 174 Å². The molecule has 0 radical (unpaired) electrons. The molecule has 3 rings (SSSR count). The number of thiocarbonyl (C=S) groups is 1. The first-order valence-corrected chi connectivity index (χ1v) is 9.47. The van der Waals surface area contributed by atoms with Gasteiger partial charge < -0.3 is 14.8 Å². The Kier molecular flexibility index (Phi) is 6.18. The molecule has 10 heteroatoms. The van der Waals surface area contributed by atoms with Crippen molar-refractivity contribution in [3.05, 3.63) is 67.6 Å². The summed E-state index contributed by atoms with van der Waals surface area (Å²) >= 11 is 12.5. The Balaban J connectivity index is 1.87. The molecular weight excluding hydrogens is 424 g/mol. The first-order chi connectivity index (χ1) is 13.4. The van der Waals surface area contributed by atoms with Gasteiger partial charge in [0.15, 0.2) is 11.5 Å². The smallest absolute Gasteiger partial charge is 0.276 e. The number of nitro benzene ring substituents is 1. The van der Waals surface area contributed by atoms with Crippen LogP contribution in [0, 0.1) is 10.1 Å². The summed E-state index contributed by atoms with van der Waals surface area (Å²) in [5, 5.41) is 13.9. The summed E-state index contributed by atoms with van der Waals surface area (Å²) in [6.45, 7) is -0.0554. The predicted octanol–water partition coefficient (Wildman–Crippen LogP) is 4.32. The van der Waals surface area contributed by atoms with Crippen LogP contribution in [0.5, 0.6) is 11.5 Å². The lowest BCUT2D eigenvalue weighted by Gasteiger charge is -2.13. The van der Waals surface area contributed by atoms with Crippen LogP contribution in [-0.4, -0.2) is 22.3 Å². The lowest BCUT2D eigenvalue weighted by atomic mass is 10.1. The van der Waals surface area contributed by atoms with Crippen molar-refractivity contribution >= 4 is 57.6 Å².